The number of carbonyl (C=O) groups is 1. The minimum absolute atomic E-state index is 0.268. The summed E-state index contributed by atoms with van der Waals surface area (Å²) in [6.45, 7) is 13.7. The highest BCUT2D eigenvalue weighted by molar-refractivity contribution is 6.69. The molecule has 0 N–H and O–H groups in total. The monoisotopic (exact) mass is 230 g/mol. The van der Waals surface area contributed by atoms with E-state index in [-0.39, 0.29) is 11.9 Å². The van der Waals surface area contributed by atoms with E-state index in [1.807, 2.05) is 6.92 Å². The first-order chi connectivity index (χ1) is 6.66. The molecule has 15 heavy (non-hydrogen) atoms. The van der Waals surface area contributed by atoms with Crippen LogP contribution in [0.1, 0.15) is 13.8 Å². The first kappa shape index (κ1) is 14.4. The molecule has 0 saturated heterocycles. The number of methoxy groups -OCH3 is 1. The van der Waals surface area contributed by atoms with Crippen molar-refractivity contribution in [1.29, 1.82) is 0 Å². The fourth-order valence-electron chi connectivity index (χ4n) is 1.38. The summed E-state index contributed by atoms with van der Waals surface area (Å²) in [7, 11) is -0.328. The molecule has 0 aromatic rings. The lowest BCUT2D eigenvalue weighted by Gasteiger charge is -2.37. The molecule has 0 aliphatic heterocycles. The predicted molar refractivity (Wildman–Crippen MR) is 64.2 cm³/mol. The highest BCUT2D eigenvalue weighted by Gasteiger charge is 2.38. The van der Waals surface area contributed by atoms with Crippen LogP contribution in [0.5, 0.6) is 0 Å². The van der Waals surface area contributed by atoms with Crippen molar-refractivity contribution in [1.82, 2.24) is 0 Å². The van der Waals surface area contributed by atoms with Crippen LogP contribution in [0.2, 0.25) is 19.6 Å². The Hall–Kier alpha value is -0.613. The van der Waals surface area contributed by atoms with Crippen LogP contribution < -0.4 is 0 Å². The van der Waals surface area contributed by atoms with Gasteiger partial charge in [0.2, 0.25) is 0 Å². The Labute approximate surface area is 93.6 Å². The third-order valence-electron chi connectivity index (χ3n) is 2.35. The summed E-state index contributed by atoms with van der Waals surface area (Å²) in [4.78, 5) is 11.5. The van der Waals surface area contributed by atoms with Crippen LogP contribution in [-0.4, -0.2) is 27.0 Å². The van der Waals surface area contributed by atoms with Crippen LogP contribution in [0.4, 0.5) is 0 Å². The van der Waals surface area contributed by atoms with E-state index >= 15 is 0 Å². The van der Waals surface area contributed by atoms with E-state index in [2.05, 4.69) is 26.2 Å². The fourth-order valence-corrected chi connectivity index (χ4v) is 2.96. The van der Waals surface area contributed by atoms with Gasteiger partial charge < -0.3 is 9.16 Å². The first-order valence-corrected chi connectivity index (χ1v) is 8.48. The van der Waals surface area contributed by atoms with Gasteiger partial charge in [-0.3, -0.25) is 4.79 Å². The molecule has 2 unspecified atom stereocenters. The maximum absolute atomic E-state index is 11.5. The second kappa shape index (κ2) is 4.94. The van der Waals surface area contributed by atoms with E-state index in [4.69, 9.17) is 9.16 Å². The molecule has 0 heterocycles. The van der Waals surface area contributed by atoms with Crippen molar-refractivity contribution in [3.05, 3.63) is 12.7 Å². The molecule has 0 aromatic heterocycles. The molecule has 0 aromatic carbocycles. The SMILES string of the molecule is C=CC(C)(O[Si](C)(C)C)C(C)C(=O)OC. The first-order valence-electron chi connectivity index (χ1n) is 5.08. The van der Waals surface area contributed by atoms with Crippen LogP contribution in [0.3, 0.4) is 0 Å². The summed E-state index contributed by atoms with van der Waals surface area (Å²) in [5, 5.41) is 0. The molecule has 0 bridgehead atoms. The maximum atomic E-state index is 11.5. The van der Waals surface area contributed by atoms with Gasteiger partial charge in [0.1, 0.15) is 0 Å². The van der Waals surface area contributed by atoms with E-state index in [1.54, 1.807) is 13.0 Å². The van der Waals surface area contributed by atoms with Crippen LogP contribution in [-0.2, 0) is 14.0 Å². The van der Waals surface area contributed by atoms with Gasteiger partial charge in [-0.2, -0.15) is 0 Å². The van der Waals surface area contributed by atoms with Crippen LogP contribution in [0.15, 0.2) is 12.7 Å². The second-order valence-corrected chi connectivity index (χ2v) is 9.28. The van der Waals surface area contributed by atoms with Gasteiger partial charge >= 0.3 is 5.97 Å². The smallest absolute Gasteiger partial charge is 0.311 e. The summed E-state index contributed by atoms with van der Waals surface area (Å²) in [5.74, 6) is -0.609. The number of rotatable bonds is 5. The van der Waals surface area contributed by atoms with E-state index in [9.17, 15) is 4.79 Å². The van der Waals surface area contributed by atoms with Gasteiger partial charge in [-0.05, 0) is 33.5 Å². The third kappa shape index (κ3) is 4.18. The fraction of sp³-hybridized carbons (Fsp3) is 0.727. The zero-order valence-corrected chi connectivity index (χ0v) is 11.6. The average molecular weight is 230 g/mol. The molecule has 2 atom stereocenters. The molecule has 3 nitrogen and oxygen atoms in total. The van der Waals surface area contributed by atoms with Gasteiger partial charge in [-0.1, -0.05) is 6.08 Å². The average Bonchev–Trinajstić information content (AvgIpc) is 2.12. The van der Waals surface area contributed by atoms with Crippen molar-refractivity contribution in [2.24, 2.45) is 5.92 Å². The van der Waals surface area contributed by atoms with E-state index in [0.29, 0.717) is 0 Å². The van der Waals surface area contributed by atoms with Crippen molar-refractivity contribution in [2.75, 3.05) is 7.11 Å². The Bertz CT molecular complexity index is 245. The van der Waals surface area contributed by atoms with Gasteiger partial charge in [0.05, 0.1) is 18.6 Å². The lowest BCUT2D eigenvalue weighted by atomic mass is 9.91. The van der Waals surface area contributed by atoms with Crippen molar-refractivity contribution in [2.45, 2.75) is 39.1 Å². The molecule has 0 spiro atoms. The molecule has 0 rings (SSSR count). The van der Waals surface area contributed by atoms with E-state index in [1.165, 1.54) is 7.11 Å². The lowest BCUT2D eigenvalue weighted by Crippen LogP contribution is -2.46. The van der Waals surface area contributed by atoms with Crippen molar-refractivity contribution in [3.63, 3.8) is 0 Å². The molecule has 0 radical (unpaired) electrons. The number of carbonyl (C=O) groups excluding carboxylic acids is 1. The lowest BCUT2D eigenvalue weighted by molar-refractivity contribution is -0.150. The van der Waals surface area contributed by atoms with Gasteiger partial charge in [-0.15, -0.1) is 6.58 Å². The molecule has 0 amide bonds. The Morgan fingerprint density at radius 3 is 2.20 bits per heavy atom. The van der Waals surface area contributed by atoms with E-state index in [0.717, 1.165) is 0 Å². The number of hydrogen-bond donors (Lipinski definition) is 0. The van der Waals surface area contributed by atoms with Crippen LogP contribution >= 0.6 is 0 Å². The Morgan fingerprint density at radius 1 is 1.47 bits per heavy atom. The summed E-state index contributed by atoms with van der Waals surface area (Å²) < 4.78 is 10.7. The Balaban J connectivity index is 4.85. The number of hydrogen-bond acceptors (Lipinski definition) is 3. The van der Waals surface area contributed by atoms with Crippen molar-refractivity contribution in [3.8, 4) is 0 Å². The number of esters is 1. The number of ether oxygens (including phenoxy) is 1. The molecule has 0 saturated carbocycles. The summed E-state index contributed by atoms with van der Waals surface area (Å²) in [6.07, 6.45) is 1.69. The van der Waals surface area contributed by atoms with Gasteiger partial charge in [0, 0.05) is 0 Å². The predicted octanol–water partition coefficient (Wildman–Crippen LogP) is 2.59. The molecule has 88 valence electrons. The topological polar surface area (TPSA) is 35.5 Å². The largest absolute Gasteiger partial charge is 0.469 e. The highest BCUT2D eigenvalue weighted by atomic mass is 28.4. The van der Waals surface area contributed by atoms with Crippen LogP contribution in [0, 0.1) is 5.92 Å². The minimum atomic E-state index is -1.71. The normalized spacial score (nSPS) is 17.7. The molecular weight excluding hydrogens is 208 g/mol. The molecule has 0 aliphatic rings. The highest BCUT2D eigenvalue weighted by Crippen LogP contribution is 2.28. The molecule has 0 fully saturated rings. The molecule has 0 aliphatic carbocycles. The van der Waals surface area contributed by atoms with Crippen molar-refractivity contribution >= 4 is 14.3 Å². The van der Waals surface area contributed by atoms with E-state index < -0.39 is 13.9 Å². The van der Waals surface area contributed by atoms with Crippen LogP contribution in [0.25, 0.3) is 0 Å². The maximum Gasteiger partial charge on any atom is 0.311 e. The summed E-state index contributed by atoms with van der Waals surface area (Å²) in [5.41, 5.74) is -0.641. The Kier molecular flexibility index (Phi) is 4.74. The molecular formula is C11H22O3Si. The zero-order valence-electron chi connectivity index (χ0n) is 10.6. The minimum Gasteiger partial charge on any atom is -0.469 e. The van der Waals surface area contributed by atoms with Gasteiger partial charge in [0.15, 0.2) is 8.32 Å². The van der Waals surface area contributed by atoms with Gasteiger partial charge in [0.25, 0.3) is 0 Å². The zero-order chi connectivity index (χ0) is 12.3. The third-order valence-corrected chi connectivity index (χ3v) is 3.40. The van der Waals surface area contributed by atoms with Crippen molar-refractivity contribution < 1.29 is 14.0 Å². The van der Waals surface area contributed by atoms with Gasteiger partial charge in [-0.25, -0.2) is 0 Å². The standard InChI is InChI=1S/C11H22O3Si/c1-8-11(3,14-15(5,6)7)9(2)10(12)13-4/h8-9H,1H2,2-7H3. The summed E-state index contributed by atoms with van der Waals surface area (Å²) >= 11 is 0. The Morgan fingerprint density at radius 2 is 1.93 bits per heavy atom. The summed E-state index contributed by atoms with van der Waals surface area (Å²) in [6, 6.07) is 0. The quantitative estimate of drug-likeness (QED) is 0.414. The molecule has 4 heteroatoms. The second-order valence-electron chi connectivity index (χ2n) is 4.85.